The molecular formula is C25H32N2O2S. The fourth-order valence-corrected chi connectivity index (χ4v) is 4.52. The van der Waals surface area contributed by atoms with Crippen molar-refractivity contribution in [1.82, 2.24) is 9.80 Å². The molecule has 2 aromatic rings. The highest BCUT2D eigenvalue weighted by molar-refractivity contribution is 7.99. The zero-order valence-electron chi connectivity index (χ0n) is 18.1. The van der Waals surface area contributed by atoms with E-state index in [1.54, 1.807) is 6.08 Å². The Morgan fingerprint density at radius 2 is 1.60 bits per heavy atom. The number of aliphatic hydroxyl groups excluding tert-OH is 1. The van der Waals surface area contributed by atoms with Crippen LogP contribution in [0.3, 0.4) is 0 Å². The van der Waals surface area contributed by atoms with Crippen molar-refractivity contribution >= 4 is 23.7 Å². The van der Waals surface area contributed by atoms with Gasteiger partial charge in [-0.05, 0) is 36.3 Å². The fraction of sp³-hybridized carbons (Fsp3) is 0.400. The summed E-state index contributed by atoms with van der Waals surface area (Å²) in [5, 5.41) is 11.4. The van der Waals surface area contributed by atoms with Crippen molar-refractivity contribution in [3.8, 4) is 0 Å². The predicted octanol–water partition coefficient (Wildman–Crippen LogP) is 4.47. The molecule has 0 saturated carbocycles. The summed E-state index contributed by atoms with van der Waals surface area (Å²) in [6, 6.07) is 18.1. The third-order valence-electron chi connectivity index (χ3n) is 5.47. The third-order valence-corrected chi connectivity index (χ3v) is 6.49. The summed E-state index contributed by atoms with van der Waals surface area (Å²) in [6.45, 7) is 9.32. The Bertz CT molecular complexity index is 828. The Morgan fingerprint density at radius 3 is 2.20 bits per heavy atom. The van der Waals surface area contributed by atoms with Crippen LogP contribution in [0.15, 0.2) is 65.6 Å². The average molecular weight is 425 g/mol. The molecular weight excluding hydrogens is 392 g/mol. The molecule has 1 fully saturated rings. The number of benzene rings is 2. The van der Waals surface area contributed by atoms with Crippen LogP contribution in [0.25, 0.3) is 6.08 Å². The van der Waals surface area contributed by atoms with E-state index in [0.29, 0.717) is 18.3 Å². The van der Waals surface area contributed by atoms with E-state index in [1.807, 2.05) is 65.2 Å². The Balaban J connectivity index is 1.51. The number of amides is 1. The molecule has 1 amide bonds. The van der Waals surface area contributed by atoms with Crippen molar-refractivity contribution < 1.29 is 9.90 Å². The quantitative estimate of drug-likeness (QED) is 0.526. The highest BCUT2D eigenvalue weighted by atomic mass is 32.2. The van der Waals surface area contributed by atoms with Crippen molar-refractivity contribution in [3.05, 3.63) is 71.8 Å². The predicted molar refractivity (Wildman–Crippen MR) is 125 cm³/mol. The number of hydrogen-bond acceptors (Lipinski definition) is 4. The summed E-state index contributed by atoms with van der Waals surface area (Å²) in [4.78, 5) is 17.9. The molecule has 0 spiro atoms. The lowest BCUT2D eigenvalue weighted by molar-refractivity contribution is -0.128. The molecule has 1 heterocycles. The number of piperazine rings is 1. The second-order valence-electron chi connectivity index (χ2n) is 8.03. The molecule has 0 aromatic heterocycles. The minimum absolute atomic E-state index is 0.00529. The Hall–Kier alpha value is -2.08. The molecule has 1 N–H and O–H groups in total. The van der Waals surface area contributed by atoms with E-state index in [2.05, 4.69) is 37.8 Å². The molecule has 0 radical (unpaired) electrons. The first-order valence-corrected chi connectivity index (χ1v) is 11.5. The molecule has 1 aliphatic heterocycles. The minimum atomic E-state index is -0.539. The molecule has 0 aliphatic carbocycles. The number of hydrogen-bond donors (Lipinski definition) is 1. The maximum absolute atomic E-state index is 12.5. The highest BCUT2D eigenvalue weighted by Crippen LogP contribution is 2.27. The van der Waals surface area contributed by atoms with E-state index < -0.39 is 6.10 Å². The van der Waals surface area contributed by atoms with Gasteiger partial charge in [0.25, 0.3) is 0 Å². The number of carbonyl (C=O) groups excluding carboxylic acids is 1. The van der Waals surface area contributed by atoms with Gasteiger partial charge in [0.15, 0.2) is 0 Å². The standard InChI is InChI=1S/C25H32N2O2S/c1-19(2)30-23-12-10-22(11-13-23)25(29)20(3)26-15-17-27(18-16-26)24(28)14-9-21-7-5-4-6-8-21/h4-14,19-20,25,29H,15-18H2,1-3H3/b14-9+/t20-,25-/m1/s1. The van der Waals surface area contributed by atoms with E-state index in [0.717, 1.165) is 24.2 Å². The van der Waals surface area contributed by atoms with Crippen LogP contribution in [0.5, 0.6) is 0 Å². The van der Waals surface area contributed by atoms with E-state index in [4.69, 9.17) is 0 Å². The molecule has 0 unspecified atom stereocenters. The van der Waals surface area contributed by atoms with Gasteiger partial charge in [-0.2, -0.15) is 0 Å². The second-order valence-corrected chi connectivity index (χ2v) is 9.68. The molecule has 1 saturated heterocycles. The van der Waals surface area contributed by atoms with Crippen LogP contribution in [-0.2, 0) is 4.79 Å². The van der Waals surface area contributed by atoms with Crippen LogP contribution in [0.4, 0.5) is 0 Å². The lowest BCUT2D eigenvalue weighted by Crippen LogP contribution is -2.52. The molecule has 4 nitrogen and oxygen atoms in total. The maximum atomic E-state index is 12.5. The summed E-state index contributed by atoms with van der Waals surface area (Å²) in [7, 11) is 0. The molecule has 30 heavy (non-hydrogen) atoms. The van der Waals surface area contributed by atoms with Crippen LogP contribution in [-0.4, -0.2) is 58.3 Å². The van der Waals surface area contributed by atoms with Crippen LogP contribution in [0, 0.1) is 0 Å². The van der Waals surface area contributed by atoms with E-state index in [-0.39, 0.29) is 11.9 Å². The van der Waals surface area contributed by atoms with Gasteiger partial charge in [0.1, 0.15) is 0 Å². The molecule has 2 aromatic carbocycles. The maximum Gasteiger partial charge on any atom is 0.246 e. The van der Waals surface area contributed by atoms with Crippen LogP contribution < -0.4 is 0 Å². The largest absolute Gasteiger partial charge is 0.387 e. The van der Waals surface area contributed by atoms with E-state index >= 15 is 0 Å². The van der Waals surface area contributed by atoms with Gasteiger partial charge in [-0.3, -0.25) is 9.69 Å². The summed E-state index contributed by atoms with van der Waals surface area (Å²) in [5.74, 6) is 0.0462. The Morgan fingerprint density at radius 1 is 0.967 bits per heavy atom. The van der Waals surface area contributed by atoms with Gasteiger partial charge in [0.05, 0.1) is 6.10 Å². The van der Waals surface area contributed by atoms with Gasteiger partial charge in [0, 0.05) is 48.4 Å². The smallest absolute Gasteiger partial charge is 0.246 e. The first kappa shape index (κ1) is 22.6. The summed E-state index contributed by atoms with van der Waals surface area (Å²) >= 11 is 1.83. The Labute approximate surface area is 184 Å². The van der Waals surface area contributed by atoms with Crippen molar-refractivity contribution in [3.63, 3.8) is 0 Å². The SMILES string of the molecule is CC(C)Sc1ccc([C@H](O)[C@@H](C)N2CCN(C(=O)/C=C/c3ccccc3)CC2)cc1. The normalized spacial score (nSPS) is 17.4. The van der Waals surface area contributed by atoms with Crippen LogP contribution in [0.1, 0.15) is 38.0 Å². The van der Waals surface area contributed by atoms with Crippen LogP contribution in [0.2, 0.25) is 0 Å². The van der Waals surface area contributed by atoms with Crippen molar-refractivity contribution in [2.24, 2.45) is 0 Å². The number of nitrogens with zero attached hydrogens (tertiary/aromatic N) is 2. The second kappa shape index (κ2) is 10.8. The molecule has 160 valence electrons. The monoisotopic (exact) mass is 424 g/mol. The topological polar surface area (TPSA) is 43.8 Å². The highest BCUT2D eigenvalue weighted by Gasteiger charge is 2.27. The molecule has 3 rings (SSSR count). The van der Waals surface area contributed by atoms with E-state index in [9.17, 15) is 9.90 Å². The van der Waals surface area contributed by atoms with E-state index in [1.165, 1.54) is 4.90 Å². The Kier molecular flexibility index (Phi) is 8.14. The van der Waals surface area contributed by atoms with Crippen LogP contribution >= 0.6 is 11.8 Å². The fourth-order valence-electron chi connectivity index (χ4n) is 3.68. The summed E-state index contributed by atoms with van der Waals surface area (Å²) in [5.41, 5.74) is 1.97. The van der Waals surface area contributed by atoms with Gasteiger partial charge in [0.2, 0.25) is 5.91 Å². The zero-order valence-corrected chi connectivity index (χ0v) is 18.9. The average Bonchev–Trinajstić information content (AvgIpc) is 2.77. The lowest BCUT2D eigenvalue weighted by atomic mass is 10.0. The van der Waals surface area contributed by atoms with Crippen molar-refractivity contribution in [2.45, 2.75) is 43.1 Å². The first-order chi connectivity index (χ1) is 14.4. The first-order valence-electron chi connectivity index (χ1n) is 10.6. The van der Waals surface area contributed by atoms with Crippen molar-refractivity contribution in [2.75, 3.05) is 26.2 Å². The van der Waals surface area contributed by atoms with Gasteiger partial charge in [-0.15, -0.1) is 11.8 Å². The molecule has 0 bridgehead atoms. The molecule has 5 heteroatoms. The summed E-state index contributed by atoms with van der Waals surface area (Å²) in [6.07, 6.45) is 2.98. The number of rotatable bonds is 7. The third kappa shape index (κ3) is 6.21. The van der Waals surface area contributed by atoms with Gasteiger partial charge >= 0.3 is 0 Å². The van der Waals surface area contributed by atoms with Gasteiger partial charge < -0.3 is 10.0 Å². The lowest BCUT2D eigenvalue weighted by Gasteiger charge is -2.39. The molecule has 2 atom stereocenters. The number of thioether (sulfide) groups is 1. The zero-order chi connectivity index (χ0) is 21.5. The van der Waals surface area contributed by atoms with Crippen molar-refractivity contribution in [1.29, 1.82) is 0 Å². The van der Waals surface area contributed by atoms with Gasteiger partial charge in [-0.25, -0.2) is 0 Å². The summed E-state index contributed by atoms with van der Waals surface area (Å²) < 4.78 is 0. The number of carbonyl (C=O) groups is 1. The minimum Gasteiger partial charge on any atom is -0.387 e. The van der Waals surface area contributed by atoms with Gasteiger partial charge in [-0.1, -0.05) is 56.3 Å². The molecule has 1 aliphatic rings. The number of aliphatic hydroxyl groups is 1.